The summed E-state index contributed by atoms with van der Waals surface area (Å²) in [6.07, 6.45) is 0. The van der Waals surface area contributed by atoms with Crippen molar-refractivity contribution in [3.63, 3.8) is 0 Å². The smallest absolute Gasteiger partial charge is 0.168 e. The van der Waals surface area contributed by atoms with E-state index in [0.29, 0.717) is 17.4 Å². The Bertz CT molecular complexity index is 523. The van der Waals surface area contributed by atoms with Crippen LogP contribution >= 0.6 is 0 Å². The van der Waals surface area contributed by atoms with Crippen molar-refractivity contribution in [2.75, 3.05) is 5.73 Å². The molecule has 1 aromatic heterocycles. The Morgan fingerprint density at radius 3 is 2.78 bits per heavy atom. The van der Waals surface area contributed by atoms with Crippen LogP contribution in [0.15, 0.2) is 30.3 Å². The summed E-state index contributed by atoms with van der Waals surface area (Å²) < 4.78 is 5.58. The van der Waals surface area contributed by atoms with Crippen molar-refractivity contribution in [2.24, 2.45) is 0 Å². The highest BCUT2D eigenvalue weighted by molar-refractivity contribution is 5.33. The summed E-state index contributed by atoms with van der Waals surface area (Å²) >= 11 is 0. The van der Waals surface area contributed by atoms with E-state index in [4.69, 9.17) is 10.5 Å². The van der Waals surface area contributed by atoms with Crippen LogP contribution in [0.4, 0.5) is 5.82 Å². The second-order valence-corrected chi connectivity index (χ2v) is 3.90. The van der Waals surface area contributed by atoms with Crippen LogP contribution in [-0.4, -0.2) is 15.1 Å². The summed E-state index contributed by atoms with van der Waals surface area (Å²) in [7, 11) is 0. The summed E-state index contributed by atoms with van der Waals surface area (Å²) in [6, 6.07) is 9.00. The third kappa shape index (κ3) is 2.95. The SMILES string of the molecule is Cc1cc(N)nc(COc2ccccc2CO)n1. The van der Waals surface area contributed by atoms with Crippen molar-refractivity contribution in [3.05, 3.63) is 47.4 Å². The molecular weight excluding hydrogens is 230 g/mol. The van der Waals surface area contributed by atoms with Gasteiger partial charge in [-0.1, -0.05) is 18.2 Å². The van der Waals surface area contributed by atoms with Gasteiger partial charge in [0.1, 0.15) is 18.2 Å². The van der Waals surface area contributed by atoms with E-state index in [-0.39, 0.29) is 13.2 Å². The summed E-state index contributed by atoms with van der Waals surface area (Å²) in [5, 5.41) is 9.17. The lowest BCUT2D eigenvalue weighted by molar-refractivity contribution is 0.255. The molecule has 0 saturated carbocycles. The minimum absolute atomic E-state index is 0.0625. The molecule has 1 aromatic carbocycles. The van der Waals surface area contributed by atoms with Gasteiger partial charge in [0.2, 0.25) is 0 Å². The summed E-state index contributed by atoms with van der Waals surface area (Å²) in [5.41, 5.74) is 7.17. The van der Waals surface area contributed by atoms with E-state index in [2.05, 4.69) is 9.97 Å². The predicted octanol–water partition coefficient (Wildman–Crippen LogP) is 1.44. The highest BCUT2D eigenvalue weighted by Crippen LogP contribution is 2.18. The molecule has 0 atom stereocenters. The number of benzene rings is 1. The molecule has 3 N–H and O–H groups in total. The van der Waals surface area contributed by atoms with E-state index < -0.39 is 0 Å². The van der Waals surface area contributed by atoms with Crippen LogP contribution in [0.1, 0.15) is 17.1 Å². The average Bonchev–Trinajstić information content (AvgIpc) is 2.35. The minimum Gasteiger partial charge on any atom is -0.485 e. The lowest BCUT2D eigenvalue weighted by Crippen LogP contribution is -2.06. The minimum atomic E-state index is -0.0625. The molecule has 0 bridgehead atoms. The van der Waals surface area contributed by atoms with Crippen molar-refractivity contribution < 1.29 is 9.84 Å². The molecule has 0 aliphatic rings. The lowest BCUT2D eigenvalue weighted by Gasteiger charge is -2.09. The Labute approximate surface area is 105 Å². The van der Waals surface area contributed by atoms with Gasteiger partial charge in [-0.25, -0.2) is 9.97 Å². The number of aliphatic hydroxyl groups is 1. The number of nitrogen functional groups attached to an aromatic ring is 1. The average molecular weight is 245 g/mol. The van der Waals surface area contributed by atoms with Gasteiger partial charge in [0.15, 0.2) is 5.82 Å². The Hall–Kier alpha value is -2.14. The summed E-state index contributed by atoms with van der Waals surface area (Å²) in [6.45, 7) is 2.01. The third-order valence-electron chi connectivity index (χ3n) is 2.42. The Morgan fingerprint density at radius 1 is 1.28 bits per heavy atom. The monoisotopic (exact) mass is 245 g/mol. The number of aromatic nitrogens is 2. The normalized spacial score (nSPS) is 10.3. The molecule has 94 valence electrons. The van der Waals surface area contributed by atoms with Gasteiger partial charge >= 0.3 is 0 Å². The molecule has 0 fully saturated rings. The number of aliphatic hydroxyl groups excluding tert-OH is 1. The van der Waals surface area contributed by atoms with E-state index in [0.717, 1.165) is 11.3 Å². The van der Waals surface area contributed by atoms with Gasteiger partial charge in [-0.2, -0.15) is 0 Å². The van der Waals surface area contributed by atoms with Crippen LogP contribution in [-0.2, 0) is 13.2 Å². The predicted molar refractivity (Wildman–Crippen MR) is 67.9 cm³/mol. The van der Waals surface area contributed by atoms with Crippen LogP contribution in [0.5, 0.6) is 5.75 Å². The second-order valence-electron chi connectivity index (χ2n) is 3.90. The number of hydrogen-bond donors (Lipinski definition) is 2. The van der Waals surface area contributed by atoms with E-state index >= 15 is 0 Å². The maximum atomic E-state index is 9.17. The number of anilines is 1. The number of ether oxygens (including phenoxy) is 1. The van der Waals surface area contributed by atoms with Gasteiger partial charge in [0.05, 0.1) is 6.61 Å². The fraction of sp³-hybridized carbons (Fsp3) is 0.231. The van der Waals surface area contributed by atoms with E-state index in [1.54, 1.807) is 18.2 Å². The maximum absolute atomic E-state index is 9.17. The second kappa shape index (κ2) is 5.46. The molecular formula is C13H15N3O2. The van der Waals surface area contributed by atoms with Crippen molar-refractivity contribution >= 4 is 5.82 Å². The Kier molecular flexibility index (Phi) is 3.74. The van der Waals surface area contributed by atoms with Crippen LogP contribution in [0.25, 0.3) is 0 Å². The molecule has 0 aliphatic heterocycles. The van der Waals surface area contributed by atoms with E-state index in [1.165, 1.54) is 0 Å². The van der Waals surface area contributed by atoms with Crippen molar-refractivity contribution in [2.45, 2.75) is 20.1 Å². The van der Waals surface area contributed by atoms with Crippen molar-refractivity contribution in [1.29, 1.82) is 0 Å². The molecule has 0 amide bonds. The van der Waals surface area contributed by atoms with Gasteiger partial charge in [-0.15, -0.1) is 0 Å². The van der Waals surface area contributed by atoms with Gasteiger partial charge in [0, 0.05) is 17.3 Å². The van der Waals surface area contributed by atoms with E-state index in [1.807, 2.05) is 19.1 Å². The first kappa shape index (κ1) is 12.3. The number of rotatable bonds is 4. The topological polar surface area (TPSA) is 81.3 Å². The Balaban J connectivity index is 2.11. The fourth-order valence-electron chi connectivity index (χ4n) is 1.64. The molecule has 5 heteroatoms. The van der Waals surface area contributed by atoms with Crippen molar-refractivity contribution in [1.82, 2.24) is 9.97 Å². The van der Waals surface area contributed by atoms with Crippen LogP contribution in [0, 0.1) is 6.92 Å². The molecule has 0 saturated heterocycles. The van der Waals surface area contributed by atoms with Gasteiger partial charge in [-0.05, 0) is 13.0 Å². The highest BCUT2D eigenvalue weighted by Gasteiger charge is 2.04. The molecule has 2 aromatic rings. The van der Waals surface area contributed by atoms with E-state index in [9.17, 15) is 5.11 Å². The number of nitrogens with two attached hydrogens (primary N) is 1. The zero-order valence-electron chi connectivity index (χ0n) is 10.1. The first-order chi connectivity index (χ1) is 8.69. The largest absolute Gasteiger partial charge is 0.485 e. The molecule has 0 aliphatic carbocycles. The van der Waals surface area contributed by atoms with Crippen LogP contribution < -0.4 is 10.5 Å². The third-order valence-corrected chi connectivity index (χ3v) is 2.42. The van der Waals surface area contributed by atoms with Gasteiger partial charge in [0.25, 0.3) is 0 Å². The number of para-hydroxylation sites is 1. The summed E-state index contributed by atoms with van der Waals surface area (Å²) in [5.74, 6) is 1.58. The number of nitrogens with zero attached hydrogens (tertiary/aromatic N) is 2. The maximum Gasteiger partial charge on any atom is 0.168 e. The quantitative estimate of drug-likeness (QED) is 0.851. The van der Waals surface area contributed by atoms with Crippen molar-refractivity contribution in [3.8, 4) is 5.75 Å². The standard InChI is InChI=1S/C13H15N3O2/c1-9-6-12(14)16-13(15-9)8-18-11-5-3-2-4-10(11)7-17/h2-6,17H,7-8H2,1H3,(H2,14,15,16). The zero-order chi connectivity index (χ0) is 13.0. The number of hydrogen-bond acceptors (Lipinski definition) is 5. The van der Waals surface area contributed by atoms with Crippen LogP contribution in [0.2, 0.25) is 0 Å². The first-order valence-electron chi connectivity index (χ1n) is 5.60. The fourth-order valence-corrected chi connectivity index (χ4v) is 1.64. The molecule has 5 nitrogen and oxygen atoms in total. The molecule has 0 unspecified atom stereocenters. The zero-order valence-corrected chi connectivity index (χ0v) is 10.1. The van der Waals surface area contributed by atoms with Crippen LogP contribution in [0.3, 0.4) is 0 Å². The number of aryl methyl sites for hydroxylation is 1. The first-order valence-corrected chi connectivity index (χ1v) is 5.60. The Morgan fingerprint density at radius 2 is 2.06 bits per heavy atom. The molecule has 0 spiro atoms. The van der Waals surface area contributed by atoms with Gasteiger partial charge < -0.3 is 15.6 Å². The highest BCUT2D eigenvalue weighted by atomic mass is 16.5. The molecule has 1 heterocycles. The molecule has 2 rings (SSSR count). The summed E-state index contributed by atoms with van der Waals surface area (Å²) in [4.78, 5) is 8.31. The lowest BCUT2D eigenvalue weighted by atomic mass is 10.2. The molecule has 0 radical (unpaired) electrons. The van der Waals surface area contributed by atoms with Gasteiger partial charge in [-0.3, -0.25) is 0 Å². The molecule has 18 heavy (non-hydrogen) atoms.